The molecule has 0 atom stereocenters. The van der Waals surface area contributed by atoms with Crippen LogP contribution in [0.3, 0.4) is 0 Å². The van der Waals surface area contributed by atoms with E-state index in [1.54, 1.807) is 55.5 Å². The molecule has 3 aromatic carbocycles. The average molecular weight is 471 g/mol. The maximum atomic E-state index is 12.9. The summed E-state index contributed by atoms with van der Waals surface area (Å²) in [6.45, 7) is 0.831. The van der Waals surface area contributed by atoms with E-state index in [-0.39, 0.29) is 17.6 Å². The van der Waals surface area contributed by atoms with Crippen LogP contribution < -0.4 is 14.8 Å². The highest BCUT2D eigenvalue weighted by Crippen LogP contribution is 2.29. The number of methoxy groups -OCH3 is 1. The molecular weight excluding hydrogens is 444 g/mol. The molecule has 4 aromatic rings. The summed E-state index contributed by atoms with van der Waals surface area (Å²) in [5.41, 5.74) is 3.06. The minimum atomic E-state index is -0.351. The lowest BCUT2D eigenvalue weighted by Gasteiger charge is -2.19. The molecule has 0 aliphatic carbocycles. The molecule has 35 heavy (non-hydrogen) atoms. The van der Waals surface area contributed by atoms with Crippen LogP contribution in [0.2, 0.25) is 0 Å². The third-order valence-electron chi connectivity index (χ3n) is 5.37. The molecule has 7 nitrogen and oxygen atoms in total. The maximum Gasteiger partial charge on any atom is 0.291 e. The summed E-state index contributed by atoms with van der Waals surface area (Å²) in [5.74, 6) is 0.975. The standard InChI is InChI=1S/C28H26N2O5/c1-30(28(32)22-11-13-23(14-12-22)29-27(31)25-9-6-16-34-25)18-21-10-15-24(26(17-21)33-2)35-19-20-7-4-3-5-8-20/h3-17H,18-19H2,1-2H3,(H,29,31). The molecule has 1 N–H and O–H groups in total. The Balaban J connectivity index is 1.36. The zero-order chi connectivity index (χ0) is 24.6. The van der Waals surface area contributed by atoms with Gasteiger partial charge in [0.05, 0.1) is 13.4 Å². The highest BCUT2D eigenvalue weighted by atomic mass is 16.5. The van der Waals surface area contributed by atoms with Crippen molar-refractivity contribution in [3.63, 3.8) is 0 Å². The van der Waals surface area contributed by atoms with Gasteiger partial charge in [0.1, 0.15) is 6.61 Å². The Labute approximate surface area is 203 Å². The van der Waals surface area contributed by atoms with Crippen LogP contribution in [0.15, 0.2) is 95.6 Å². The summed E-state index contributed by atoms with van der Waals surface area (Å²) in [4.78, 5) is 26.6. The van der Waals surface area contributed by atoms with Crippen LogP contribution in [0, 0.1) is 0 Å². The van der Waals surface area contributed by atoms with E-state index in [1.807, 2.05) is 48.5 Å². The van der Waals surface area contributed by atoms with Crippen LogP contribution in [0.1, 0.15) is 32.0 Å². The molecule has 0 aliphatic rings. The van der Waals surface area contributed by atoms with Crippen molar-refractivity contribution in [3.8, 4) is 11.5 Å². The van der Waals surface area contributed by atoms with Gasteiger partial charge in [-0.3, -0.25) is 9.59 Å². The van der Waals surface area contributed by atoms with Crippen molar-refractivity contribution < 1.29 is 23.5 Å². The van der Waals surface area contributed by atoms with Crippen molar-refractivity contribution >= 4 is 17.5 Å². The number of hydrogen-bond acceptors (Lipinski definition) is 5. The molecule has 0 spiro atoms. The van der Waals surface area contributed by atoms with Crippen LogP contribution >= 0.6 is 0 Å². The number of hydrogen-bond donors (Lipinski definition) is 1. The van der Waals surface area contributed by atoms with E-state index < -0.39 is 0 Å². The van der Waals surface area contributed by atoms with Gasteiger partial charge in [-0.2, -0.15) is 0 Å². The Kier molecular flexibility index (Phi) is 7.47. The molecule has 1 aromatic heterocycles. The molecule has 0 bridgehead atoms. The maximum absolute atomic E-state index is 12.9. The van der Waals surface area contributed by atoms with Crippen LogP contribution in [0.4, 0.5) is 5.69 Å². The predicted molar refractivity (Wildman–Crippen MR) is 133 cm³/mol. The minimum Gasteiger partial charge on any atom is -0.493 e. The average Bonchev–Trinajstić information content (AvgIpc) is 3.44. The summed E-state index contributed by atoms with van der Waals surface area (Å²) in [5, 5.41) is 2.73. The second-order valence-electron chi connectivity index (χ2n) is 7.93. The van der Waals surface area contributed by atoms with Crippen LogP contribution in [-0.4, -0.2) is 30.9 Å². The van der Waals surface area contributed by atoms with Crippen molar-refractivity contribution in [2.45, 2.75) is 13.2 Å². The summed E-state index contributed by atoms with van der Waals surface area (Å²) in [6.07, 6.45) is 1.44. The molecular formula is C28H26N2O5. The molecule has 0 aliphatic heterocycles. The summed E-state index contributed by atoms with van der Waals surface area (Å²) >= 11 is 0. The topological polar surface area (TPSA) is 81.0 Å². The third-order valence-corrected chi connectivity index (χ3v) is 5.37. The van der Waals surface area contributed by atoms with E-state index in [9.17, 15) is 9.59 Å². The summed E-state index contributed by atoms with van der Waals surface area (Å²) in [6, 6.07) is 25.5. The van der Waals surface area contributed by atoms with Gasteiger partial charge >= 0.3 is 0 Å². The molecule has 7 heteroatoms. The molecule has 0 unspecified atom stereocenters. The van der Waals surface area contributed by atoms with Gasteiger partial charge in [-0.1, -0.05) is 36.4 Å². The SMILES string of the molecule is COc1cc(CN(C)C(=O)c2ccc(NC(=O)c3ccco3)cc2)ccc1OCc1ccccc1. The van der Waals surface area contributed by atoms with Crippen molar-refractivity contribution in [2.75, 3.05) is 19.5 Å². The molecule has 178 valence electrons. The molecule has 4 rings (SSSR count). The number of rotatable bonds is 9. The molecule has 1 heterocycles. The predicted octanol–water partition coefficient (Wildman–Crippen LogP) is 5.39. The van der Waals surface area contributed by atoms with Gasteiger partial charge in [-0.25, -0.2) is 0 Å². The first-order chi connectivity index (χ1) is 17.0. The monoisotopic (exact) mass is 470 g/mol. The smallest absolute Gasteiger partial charge is 0.291 e. The lowest BCUT2D eigenvalue weighted by atomic mass is 10.1. The van der Waals surface area contributed by atoms with Gasteiger partial charge in [-0.05, 0) is 59.7 Å². The fourth-order valence-electron chi connectivity index (χ4n) is 3.53. The van der Waals surface area contributed by atoms with Crippen LogP contribution in [0.25, 0.3) is 0 Å². The third kappa shape index (κ3) is 6.09. The highest BCUT2D eigenvalue weighted by Gasteiger charge is 2.15. The van der Waals surface area contributed by atoms with Crippen molar-refractivity contribution in [1.29, 1.82) is 0 Å². The van der Waals surface area contributed by atoms with Gasteiger partial charge in [0.15, 0.2) is 17.3 Å². The van der Waals surface area contributed by atoms with Gasteiger partial charge in [0.25, 0.3) is 11.8 Å². The lowest BCUT2D eigenvalue weighted by Crippen LogP contribution is -2.26. The Hall–Kier alpha value is -4.52. The summed E-state index contributed by atoms with van der Waals surface area (Å²) in [7, 11) is 3.33. The Morgan fingerprint density at radius 2 is 1.66 bits per heavy atom. The normalized spacial score (nSPS) is 10.5. The first-order valence-corrected chi connectivity index (χ1v) is 11.1. The Bertz CT molecular complexity index is 1270. The Morgan fingerprint density at radius 3 is 2.34 bits per heavy atom. The van der Waals surface area contributed by atoms with Crippen molar-refractivity contribution in [3.05, 3.63) is 114 Å². The minimum absolute atomic E-state index is 0.141. The van der Waals surface area contributed by atoms with E-state index in [1.165, 1.54) is 6.26 Å². The molecule has 2 amide bonds. The second kappa shape index (κ2) is 11.1. The first kappa shape index (κ1) is 23.6. The quantitative estimate of drug-likeness (QED) is 0.355. The Morgan fingerprint density at radius 1 is 0.886 bits per heavy atom. The van der Waals surface area contributed by atoms with Gasteiger partial charge < -0.3 is 24.1 Å². The van der Waals surface area contributed by atoms with Gasteiger partial charge in [-0.15, -0.1) is 0 Å². The number of nitrogens with zero attached hydrogens (tertiary/aromatic N) is 1. The van der Waals surface area contributed by atoms with E-state index in [2.05, 4.69) is 5.32 Å². The van der Waals surface area contributed by atoms with Crippen molar-refractivity contribution in [1.82, 2.24) is 4.90 Å². The number of carbonyl (C=O) groups excluding carboxylic acids is 2. The molecule has 0 radical (unpaired) electrons. The van der Waals surface area contributed by atoms with E-state index in [4.69, 9.17) is 13.9 Å². The first-order valence-electron chi connectivity index (χ1n) is 11.1. The van der Waals surface area contributed by atoms with Crippen LogP contribution in [0.5, 0.6) is 11.5 Å². The number of benzene rings is 3. The number of nitrogens with one attached hydrogen (secondary N) is 1. The van der Waals surface area contributed by atoms with Crippen LogP contribution in [-0.2, 0) is 13.2 Å². The zero-order valence-electron chi connectivity index (χ0n) is 19.6. The zero-order valence-corrected chi connectivity index (χ0v) is 19.6. The fraction of sp³-hybridized carbons (Fsp3) is 0.143. The summed E-state index contributed by atoms with van der Waals surface area (Å²) < 4.78 is 16.5. The highest BCUT2D eigenvalue weighted by molar-refractivity contribution is 6.02. The number of ether oxygens (including phenoxy) is 2. The number of anilines is 1. The largest absolute Gasteiger partial charge is 0.493 e. The number of furan rings is 1. The second-order valence-corrected chi connectivity index (χ2v) is 7.93. The van der Waals surface area contributed by atoms with Gasteiger partial charge in [0.2, 0.25) is 0 Å². The number of carbonyl (C=O) groups is 2. The molecule has 0 saturated heterocycles. The van der Waals surface area contributed by atoms with Crippen molar-refractivity contribution in [2.24, 2.45) is 0 Å². The lowest BCUT2D eigenvalue weighted by molar-refractivity contribution is 0.0785. The fourth-order valence-corrected chi connectivity index (χ4v) is 3.53. The van der Waals surface area contributed by atoms with Gasteiger partial charge in [0, 0.05) is 24.8 Å². The van der Waals surface area contributed by atoms with E-state index in [0.717, 1.165) is 11.1 Å². The van der Waals surface area contributed by atoms with E-state index in [0.29, 0.717) is 35.9 Å². The molecule has 0 saturated carbocycles. The molecule has 0 fully saturated rings. The van der Waals surface area contributed by atoms with E-state index >= 15 is 0 Å². The number of amides is 2.